The van der Waals surface area contributed by atoms with Gasteiger partial charge in [0, 0.05) is 18.2 Å². The average Bonchev–Trinajstić information content (AvgIpc) is 3.47. The van der Waals surface area contributed by atoms with E-state index in [1.54, 1.807) is 58.2 Å². The summed E-state index contributed by atoms with van der Waals surface area (Å²) in [5.41, 5.74) is -0.309. The maximum Gasteiger partial charge on any atom is 0.417 e. The van der Waals surface area contributed by atoms with Gasteiger partial charge in [0.05, 0.1) is 17.9 Å². The first kappa shape index (κ1) is 25.0. The molecule has 0 fully saturated rings. The maximum atomic E-state index is 13.5. The Bertz CT molecular complexity index is 1370. The Hall–Kier alpha value is -4.15. The van der Waals surface area contributed by atoms with E-state index in [4.69, 9.17) is 9.47 Å². The molecule has 0 saturated carbocycles. The first-order valence-corrected chi connectivity index (χ1v) is 11.1. The van der Waals surface area contributed by atoms with Crippen LogP contribution in [-0.2, 0) is 23.6 Å². The van der Waals surface area contributed by atoms with Gasteiger partial charge < -0.3 is 14.0 Å². The molecule has 0 aliphatic heterocycles. The van der Waals surface area contributed by atoms with Crippen LogP contribution in [0.15, 0.2) is 54.6 Å². The molecule has 4 rings (SSSR count). The molecule has 2 aromatic heterocycles. The normalized spacial score (nSPS) is 12.0. The lowest BCUT2D eigenvalue weighted by Crippen LogP contribution is -2.29. The SMILES string of the molecule is CCOC(=O)c1cc(-c2ccc(OC(C)(C)c3nnc(-c4ccccc4C(F)(F)F)n3C)cc2)n[nH]1. The number of carbonyl (C=O) groups is 1. The van der Waals surface area contributed by atoms with Crippen molar-refractivity contribution in [3.05, 3.63) is 71.7 Å². The molecule has 0 atom stereocenters. The summed E-state index contributed by atoms with van der Waals surface area (Å²) in [5.74, 6) is 0.454. The molecule has 188 valence electrons. The van der Waals surface area contributed by atoms with Gasteiger partial charge in [-0.1, -0.05) is 18.2 Å². The summed E-state index contributed by atoms with van der Waals surface area (Å²) < 4.78 is 53.1. The van der Waals surface area contributed by atoms with Gasteiger partial charge in [-0.15, -0.1) is 10.2 Å². The van der Waals surface area contributed by atoms with Gasteiger partial charge in [-0.25, -0.2) is 4.79 Å². The third-order valence-electron chi connectivity index (χ3n) is 5.48. The van der Waals surface area contributed by atoms with Crippen LogP contribution in [0.1, 0.15) is 42.6 Å². The second-order valence-corrected chi connectivity index (χ2v) is 8.47. The topological polar surface area (TPSA) is 94.9 Å². The molecule has 0 amide bonds. The van der Waals surface area contributed by atoms with Crippen molar-refractivity contribution in [3.8, 4) is 28.4 Å². The zero-order valence-corrected chi connectivity index (χ0v) is 20.1. The molecule has 0 saturated heterocycles. The molecule has 0 radical (unpaired) electrons. The molecule has 36 heavy (non-hydrogen) atoms. The van der Waals surface area contributed by atoms with E-state index in [2.05, 4.69) is 20.4 Å². The predicted octanol–water partition coefficient (Wildman–Crippen LogP) is 5.38. The van der Waals surface area contributed by atoms with Gasteiger partial charge in [0.2, 0.25) is 0 Å². The number of rotatable bonds is 7. The smallest absolute Gasteiger partial charge is 0.417 e. The summed E-state index contributed by atoms with van der Waals surface area (Å²) in [5, 5.41) is 15.0. The maximum absolute atomic E-state index is 13.5. The molecule has 1 N–H and O–H groups in total. The molecule has 2 aromatic carbocycles. The van der Waals surface area contributed by atoms with Crippen LogP contribution in [0.25, 0.3) is 22.6 Å². The van der Waals surface area contributed by atoms with Crippen LogP contribution < -0.4 is 4.74 Å². The number of nitrogens with zero attached hydrogens (tertiary/aromatic N) is 4. The third kappa shape index (κ3) is 4.95. The van der Waals surface area contributed by atoms with E-state index in [1.807, 2.05) is 0 Å². The fourth-order valence-electron chi connectivity index (χ4n) is 3.83. The summed E-state index contributed by atoms with van der Waals surface area (Å²) in [6, 6.07) is 13.8. The first-order valence-electron chi connectivity index (χ1n) is 11.1. The number of hydrogen-bond acceptors (Lipinski definition) is 6. The molecule has 11 heteroatoms. The van der Waals surface area contributed by atoms with Crippen LogP contribution in [-0.4, -0.2) is 37.5 Å². The number of aromatic amines is 1. The highest BCUT2D eigenvalue weighted by atomic mass is 19.4. The van der Waals surface area contributed by atoms with E-state index in [9.17, 15) is 18.0 Å². The van der Waals surface area contributed by atoms with Gasteiger partial charge in [0.15, 0.2) is 17.2 Å². The van der Waals surface area contributed by atoms with Crippen molar-refractivity contribution in [1.29, 1.82) is 0 Å². The summed E-state index contributed by atoms with van der Waals surface area (Å²) >= 11 is 0. The third-order valence-corrected chi connectivity index (χ3v) is 5.48. The summed E-state index contributed by atoms with van der Waals surface area (Å²) in [4.78, 5) is 11.8. The second kappa shape index (κ2) is 9.48. The molecule has 8 nitrogen and oxygen atoms in total. The Kier molecular flexibility index (Phi) is 6.57. The van der Waals surface area contributed by atoms with Crippen molar-refractivity contribution in [2.45, 2.75) is 32.5 Å². The highest BCUT2D eigenvalue weighted by Crippen LogP contribution is 2.37. The number of aromatic nitrogens is 5. The number of halogens is 3. The predicted molar refractivity (Wildman–Crippen MR) is 125 cm³/mol. The molecule has 0 unspecified atom stereocenters. The van der Waals surface area contributed by atoms with Gasteiger partial charge in [-0.2, -0.15) is 18.3 Å². The lowest BCUT2D eigenvalue weighted by atomic mass is 10.1. The van der Waals surface area contributed by atoms with Crippen molar-refractivity contribution in [2.75, 3.05) is 6.61 Å². The van der Waals surface area contributed by atoms with E-state index < -0.39 is 23.3 Å². The van der Waals surface area contributed by atoms with Crippen molar-refractivity contribution in [1.82, 2.24) is 25.0 Å². The minimum atomic E-state index is -4.53. The van der Waals surface area contributed by atoms with Crippen LogP contribution in [0.4, 0.5) is 13.2 Å². The molecule has 4 aromatic rings. The van der Waals surface area contributed by atoms with Crippen LogP contribution in [0, 0.1) is 0 Å². The lowest BCUT2D eigenvalue weighted by Gasteiger charge is -2.25. The molecule has 0 bridgehead atoms. The Morgan fingerprint density at radius 1 is 1.06 bits per heavy atom. The fourth-order valence-corrected chi connectivity index (χ4v) is 3.83. The monoisotopic (exact) mass is 499 g/mol. The average molecular weight is 499 g/mol. The zero-order valence-electron chi connectivity index (χ0n) is 20.1. The van der Waals surface area contributed by atoms with Crippen molar-refractivity contribution < 1.29 is 27.4 Å². The Balaban J connectivity index is 1.55. The number of nitrogens with one attached hydrogen (secondary N) is 1. The lowest BCUT2D eigenvalue weighted by molar-refractivity contribution is -0.137. The molecule has 2 heterocycles. The quantitative estimate of drug-likeness (QED) is 0.343. The number of carbonyl (C=O) groups excluding carboxylic acids is 1. The number of H-pyrrole nitrogens is 1. The molecular weight excluding hydrogens is 475 g/mol. The van der Waals surface area contributed by atoms with Gasteiger partial charge >= 0.3 is 12.1 Å². The van der Waals surface area contributed by atoms with Crippen molar-refractivity contribution in [3.63, 3.8) is 0 Å². The van der Waals surface area contributed by atoms with Gasteiger partial charge in [0.25, 0.3) is 0 Å². The summed E-state index contributed by atoms with van der Waals surface area (Å²) in [6.45, 7) is 5.49. The second-order valence-electron chi connectivity index (χ2n) is 8.47. The van der Waals surface area contributed by atoms with E-state index in [-0.39, 0.29) is 23.7 Å². The van der Waals surface area contributed by atoms with E-state index in [0.717, 1.165) is 11.6 Å². The minimum Gasteiger partial charge on any atom is -0.480 e. The van der Waals surface area contributed by atoms with Crippen LogP contribution >= 0.6 is 0 Å². The number of ether oxygens (including phenoxy) is 2. The molecule has 0 aliphatic carbocycles. The van der Waals surface area contributed by atoms with Crippen molar-refractivity contribution >= 4 is 5.97 Å². The van der Waals surface area contributed by atoms with Crippen LogP contribution in [0.3, 0.4) is 0 Å². The van der Waals surface area contributed by atoms with Crippen LogP contribution in [0.2, 0.25) is 0 Å². The van der Waals surface area contributed by atoms with Gasteiger partial charge in [-0.05, 0) is 57.2 Å². The molecule has 0 aliphatic rings. The Labute approximate surface area is 205 Å². The first-order chi connectivity index (χ1) is 17.0. The minimum absolute atomic E-state index is 0.0624. The zero-order chi connectivity index (χ0) is 26.1. The van der Waals surface area contributed by atoms with E-state index in [1.165, 1.54) is 22.8 Å². The summed E-state index contributed by atoms with van der Waals surface area (Å²) in [6.07, 6.45) is -4.53. The van der Waals surface area contributed by atoms with Gasteiger partial charge in [-0.3, -0.25) is 5.10 Å². The van der Waals surface area contributed by atoms with E-state index in [0.29, 0.717) is 17.3 Å². The number of benzene rings is 2. The largest absolute Gasteiger partial charge is 0.480 e. The standard InChI is InChI=1S/C25H24F3N5O3/c1-5-35-22(34)20-14-19(29-30-20)15-10-12-16(13-11-15)36-24(2,3)23-32-31-21(33(23)4)17-8-6-7-9-18(17)25(26,27)28/h6-14H,5H2,1-4H3,(H,29,30). The molecular formula is C25H24F3N5O3. The number of esters is 1. The van der Waals surface area contributed by atoms with Gasteiger partial charge in [0.1, 0.15) is 11.4 Å². The fraction of sp³-hybridized carbons (Fsp3) is 0.280. The highest BCUT2D eigenvalue weighted by Gasteiger charge is 2.36. The molecule has 0 spiro atoms. The van der Waals surface area contributed by atoms with E-state index >= 15 is 0 Å². The summed E-state index contributed by atoms with van der Waals surface area (Å²) in [7, 11) is 1.60. The van der Waals surface area contributed by atoms with Crippen molar-refractivity contribution in [2.24, 2.45) is 7.05 Å². The highest BCUT2D eigenvalue weighted by molar-refractivity contribution is 5.88. The number of hydrogen-bond donors (Lipinski definition) is 1. The Morgan fingerprint density at radius 3 is 2.42 bits per heavy atom. The number of alkyl halides is 3. The Morgan fingerprint density at radius 2 is 1.75 bits per heavy atom. The van der Waals surface area contributed by atoms with Crippen LogP contribution in [0.5, 0.6) is 5.75 Å².